The Bertz CT molecular complexity index is 638. The number of carbonyl (C=O) groups is 2. The Morgan fingerprint density at radius 1 is 1.04 bits per heavy atom. The van der Waals surface area contributed by atoms with Crippen LogP contribution in [0.1, 0.15) is 35.7 Å². The van der Waals surface area contributed by atoms with Gasteiger partial charge in [0, 0.05) is 31.6 Å². The zero-order valence-corrected chi connectivity index (χ0v) is 13.3. The molecule has 0 unspecified atom stereocenters. The second-order valence-electron chi connectivity index (χ2n) is 5.01. The van der Waals surface area contributed by atoms with Crippen LogP contribution in [0.5, 0.6) is 0 Å². The first-order valence-corrected chi connectivity index (χ1v) is 7.26. The van der Waals surface area contributed by atoms with Gasteiger partial charge in [-0.25, -0.2) is 0 Å². The van der Waals surface area contributed by atoms with Crippen molar-refractivity contribution >= 4 is 23.2 Å². The number of rotatable bonds is 8. The number of amides is 2. The number of hydrogen-bond acceptors (Lipinski definition) is 6. The highest BCUT2D eigenvalue weighted by molar-refractivity contribution is 5.96. The molecule has 10 nitrogen and oxygen atoms in total. The standard InChI is InChI=1S/C14H18N4O6/c1-3-5-15-13(19)4-6-16-14(20)10-7-11(17(21)22)9(2)12(8-10)18(23)24/h7-8H,3-6H2,1-2H3,(H,15,19)(H,16,20). The average molecular weight is 338 g/mol. The van der Waals surface area contributed by atoms with Gasteiger partial charge in [0.15, 0.2) is 0 Å². The zero-order valence-electron chi connectivity index (χ0n) is 13.3. The maximum Gasteiger partial charge on any atom is 0.279 e. The number of nitro benzene ring substituents is 2. The summed E-state index contributed by atoms with van der Waals surface area (Å²) in [5, 5.41) is 27.0. The predicted molar refractivity (Wildman–Crippen MR) is 84.7 cm³/mol. The molecule has 0 saturated heterocycles. The third-order valence-corrected chi connectivity index (χ3v) is 3.22. The van der Waals surface area contributed by atoms with Gasteiger partial charge in [0.05, 0.1) is 15.4 Å². The van der Waals surface area contributed by atoms with Gasteiger partial charge in [-0.15, -0.1) is 0 Å². The third kappa shape index (κ3) is 5.00. The fraction of sp³-hybridized carbons (Fsp3) is 0.429. The van der Waals surface area contributed by atoms with Crippen molar-refractivity contribution in [3.63, 3.8) is 0 Å². The second-order valence-corrected chi connectivity index (χ2v) is 5.01. The number of benzene rings is 1. The van der Waals surface area contributed by atoms with Crippen LogP contribution in [0.15, 0.2) is 12.1 Å². The molecule has 0 heterocycles. The lowest BCUT2D eigenvalue weighted by Crippen LogP contribution is -2.31. The van der Waals surface area contributed by atoms with Gasteiger partial charge in [-0.1, -0.05) is 6.92 Å². The lowest BCUT2D eigenvalue weighted by molar-refractivity contribution is -0.395. The summed E-state index contributed by atoms with van der Waals surface area (Å²) < 4.78 is 0. The van der Waals surface area contributed by atoms with Crippen LogP contribution in [0.3, 0.4) is 0 Å². The second kappa shape index (κ2) is 8.56. The highest BCUT2D eigenvalue weighted by Crippen LogP contribution is 2.29. The molecular formula is C14H18N4O6. The third-order valence-electron chi connectivity index (χ3n) is 3.22. The summed E-state index contributed by atoms with van der Waals surface area (Å²) in [6, 6.07) is 1.96. The van der Waals surface area contributed by atoms with E-state index in [4.69, 9.17) is 0 Å². The normalized spacial score (nSPS) is 10.1. The molecule has 0 fully saturated rings. The van der Waals surface area contributed by atoms with Crippen molar-refractivity contribution < 1.29 is 19.4 Å². The monoisotopic (exact) mass is 338 g/mol. The lowest BCUT2D eigenvalue weighted by Gasteiger charge is -2.07. The van der Waals surface area contributed by atoms with Gasteiger partial charge in [-0.05, 0) is 13.3 Å². The van der Waals surface area contributed by atoms with Crippen LogP contribution in [-0.2, 0) is 4.79 Å². The number of hydrogen-bond donors (Lipinski definition) is 2. The summed E-state index contributed by atoms with van der Waals surface area (Å²) in [5.74, 6) is -0.956. The van der Waals surface area contributed by atoms with Crippen molar-refractivity contribution in [2.24, 2.45) is 0 Å². The first-order chi connectivity index (χ1) is 11.3. The van der Waals surface area contributed by atoms with E-state index in [1.54, 1.807) is 0 Å². The molecule has 10 heteroatoms. The zero-order chi connectivity index (χ0) is 18.3. The van der Waals surface area contributed by atoms with E-state index in [1.807, 2.05) is 6.92 Å². The molecule has 1 aromatic rings. The van der Waals surface area contributed by atoms with E-state index in [0.717, 1.165) is 18.6 Å². The van der Waals surface area contributed by atoms with Gasteiger partial charge in [-0.3, -0.25) is 29.8 Å². The summed E-state index contributed by atoms with van der Waals surface area (Å²) >= 11 is 0. The summed E-state index contributed by atoms with van der Waals surface area (Å²) in [7, 11) is 0. The van der Waals surface area contributed by atoms with E-state index in [1.165, 1.54) is 6.92 Å². The molecule has 24 heavy (non-hydrogen) atoms. The number of nitro groups is 2. The lowest BCUT2D eigenvalue weighted by atomic mass is 10.1. The molecule has 0 aliphatic rings. The molecule has 1 aromatic carbocycles. The van der Waals surface area contributed by atoms with Gasteiger partial charge < -0.3 is 10.6 Å². The van der Waals surface area contributed by atoms with E-state index >= 15 is 0 Å². The van der Waals surface area contributed by atoms with Crippen molar-refractivity contribution in [3.05, 3.63) is 43.5 Å². The van der Waals surface area contributed by atoms with Crippen molar-refractivity contribution in [1.29, 1.82) is 0 Å². The first-order valence-electron chi connectivity index (χ1n) is 7.26. The van der Waals surface area contributed by atoms with Crippen molar-refractivity contribution in [2.45, 2.75) is 26.7 Å². The number of nitrogens with one attached hydrogen (secondary N) is 2. The Balaban J connectivity index is 2.85. The largest absolute Gasteiger partial charge is 0.356 e. The summed E-state index contributed by atoms with van der Waals surface area (Å²) in [6.07, 6.45) is 0.830. The van der Waals surface area contributed by atoms with E-state index in [-0.39, 0.29) is 30.0 Å². The molecule has 0 atom stereocenters. The number of carbonyl (C=O) groups excluding carboxylic acids is 2. The quantitative estimate of drug-likeness (QED) is 0.542. The fourth-order valence-electron chi connectivity index (χ4n) is 1.94. The molecule has 2 amide bonds. The number of nitrogens with zero attached hydrogens (tertiary/aromatic N) is 2. The minimum absolute atomic E-state index is 0.0177. The summed E-state index contributed by atoms with van der Waals surface area (Å²) in [4.78, 5) is 43.8. The van der Waals surface area contributed by atoms with E-state index in [0.29, 0.717) is 6.54 Å². The van der Waals surface area contributed by atoms with Gasteiger partial charge in [0.25, 0.3) is 17.3 Å². The Morgan fingerprint density at radius 3 is 2.04 bits per heavy atom. The summed E-state index contributed by atoms with van der Waals surface area (Å²) in [5.41, 5.74) is -1.33. The molecular weight excluding hydrogens is 320 g/mol. The minimum atomic E-state index is -0.780. The molecule has 0 aromatic heterocycles. The van der Waals surface area contributed by atoms with E-state index in [9.17, 15) is 29.8 Å². The Morgan fingerprint density at radius 2 is 1.58 bits per heavy atom. The van der Waals surface area contributed by atoms with E-state index < -0.39 is 27.1 Å². The molecule has 2 N–H and O–H groups in total. The average Bonchev–Trinajstić information content (AvgIpc) is 2.52. The molecule has 0 bridgehead atoms. The summed E-state index contributed by atoms with van der Waals surface area (Å²) in [6.45, 7) is 3.70. The maximum atomic E-state index is 12.0. The van der Waals surface area contributed by atoms with Crippen molar-refractivity contribution in [3.8, 4) is 0 Å². The van der Waals surface area contributed by atoms with Crippen LogP contribution in [-0.4, -0.2) is 34.8 Å². The van der Waals surface area contributed by atoms with Crippen molar-refractivity contribution in [1.82, 2.24) is 10.6 Å². The van der Waals surface area contributed by atoms with Gasteiger partial charge in [0.1, 0.15) is 5.56 Å². The SMILES string of the molecule is CCCNC(=O)CCNC(=O)c1cc([N+](=O)[O-])c(C)c([N+](=O)[O-])c1. The highest BCUT2D eigenvalue weighted by atomic mass is 16.6. The van der Waals surface area contributed by atoms with Crippen molar-refractivity contribution in [2.75, 3.05) is 13.1 Å². The molecule has 1 rings (SSSR count). The van der Waals surface area contributed by atoms with E-state index in [2.05, 4.69) is 10.6 Å². The van der Waals surface area contributed by atoms with Gasteiger partial charge >= 0.3 is 0 Å². The molecule has 130 valence electrons. The van der Waals surface area contributed by atoms with Crippen LogP contribution < -0.4 is 10.6 Å². The van der Waals surface area contributed by atoms with Gasteiger partial charge in [-0.2, -0.15) is 0 Å². The highest BCUT2D eigenvalue weighted by Gasteiger charge is 2.25. The van der Waals surface area contributed by atoms with Crippen LogP contribution in [0.4, 0.5) is 11.4 Å². The Hall–Kier alpha value is -3.04. The molecule has 0 radical (unpaired) electrons. The smallest absolute Gasteiger partial charge is 0.279 e. The van der Waals surface area contributed by atoms with Crippen LogP contribution in [0.25, 0.3) is 0 Å². The Labute approximate surface area is 137 Å². The molecule has 0 spiro atoms. The Kier molecular flexibility index (Phi) is 6.78. The van der Waals surface area contributed by atoms with Crippen LogP contribution in [0, 0.1) is 27.2 Å². The van der Waals surface area contributed by atoms with Gasteiger partial charge in [0.2, 0.25) is 5.91 Å². The molecule has 0 aliphatic heterocycles. The maximum absolute atomic E-state index is 12.0. The fourth-order valence-corrected chi connectivity index (χ4v) is 1.94. The molecule has 0 aliphatic carbocycles. The first kappa shape index (κ1) is 19.0. The van der Waals surface area contributed by atoms with Crippen LogP contribution >= 0.6 is 0 Å². The minimum Gasteiger partial charge on any atom is -0.356 e. The predicted octanol–water partition coefficient (Wildman–Crippen LogP) is 1.46. The topological polar surface area (TPSA) is 144 Å². The van der Waals surface area contributed by atoms with Crippen LogP contribution in [0.2, 0.25) is 0 Å². The molecule has 0 saturated carbocycles.